The third kappa shape index (κ3) is 2.84. The maximum absolute atomic E-state index is 5.51. The van der Waals surface area contributed by atoms with E-state index in [2.05, 4.69) is 29.2 Å². The van der Waals surface area contributed by atoms with Gasteiger partial charge in [0.15, 0.2) is 0 Å². The Labute approximate surface area is 111 Å². The van der Waals surface area contributed by atoms with E-state index < -0.39 is 0 Å². The highest BCUT2D eigenvalue weighted by molar-refractivity contribution is 7.80. The van der Waals surface area contributed by atoms with Crippen molar-refractivity contribution in [3.05, 3.63) is 36.3 Å². The molecule has 0 atom stereocenters. The molecule has 2 rings (SSSR count). The van der Waals surface area contributed by atoms with Crippen molar-refractivity contribution in [2.24, 2.45) is 5.73 Å². The number of hydrogen-bond acceptors (Lipinski definition) is 4. The molecule has 5 nitrogen and oxygen atoms in total. The molecule has 3 N–H and O–H groups in total. The van der Waals surface area contributed by atoms with Crippen LogP contribution in [-0.2, 0) is 0 Å². The van der Waals surface area contributed by atoms with Crippen LogP contribution < -0.4 is 11.1 Å². The van der Waals surface area contributed by atoms with E-state index in [0.717, 1.165) is 17.1 Å². The Hall–Kier alpha value is -1.95. The third-order valence-electron chi connectivity index (χ3n) is 2.45. The lowest BCUT2D eigenvalue weighted by atomic mass is 10.3. The summed E-state index contributed by atoms with van der Waals surface area (Å²) in [5, 5.41) is 7.41. The SMILES string of the molecule is CC(C)n1cc(Nc2ccc(C(N)=S)cn2)cn1. The summed E-state index contributed by atoms with van der Waals surface area (Å²) in [6.07, 6.45) is 5.36. The Morgan fingerprint density at radius 2 is 2.17 bits per heavy atom. The molecule has 0 aromatic carbocycles. The minimum absolute atomic E-state index is 0.338. The molecule has 0 aliphatic carbocycles. The fourth-order valence-corrected chi connectivity index (χ4v) is 1.57. The summed E-state index contributed by atoms with van der Waals surface area (Å²) in [4.78, 5) is 4.58. The number of pyridine rings is 1. The fraction of sp³-hybridized carbons (Fsp3) is 0.250. The highest BCUT2D eigenvalue weighted by Crippen LogP contribution is 2.15. The lowest BCUT2D eigenvalue weighted by Crippen LogP contribution is -2.09. The van der Waals surface area contributed by atoms with Crippen molar-refractivity contribution < 1.29 is 0 Å². The first-order valence-corrected chi connectivity index (χ1v) is 6.04. The molecule has 0 saturated carbocycles. The van der Waals surface area contributed by atoms with E-state index in [1.807, 2.05) is 23.0 Å². The first-order chi connectivity index (χ1) is 8.56. The molecule has 0 aliphatic rings. The van der Waals surface area contributed by atoms with E-state index in [0.29, 0.717) is 11.0 Å². The predicted molar refractivity (Wildman–Crippen MR) is 76.0 cm³/mol. The van der Waals surface area contributed by atoms with Gasteiger partial charge in [-0.2, -0.15) is 5.10 Å². The van der Waals surface area contributed by atoms with Crippen LogP contribution in [-0.4, -0.2) is 19.8 Å². The fourth-order valence-electron chi connectivity index (χ4n) is 1.45. The van der Waals surface area contributed by atoms with Crippen LogP contribution in [0.15, 0.2) is 30.7 Å². The van der Waals surface area contributed by atoms with Gasteiger partial charge in [0.05, 0.1) is 11.9 Å². The summed E-state index contributed by atoms with van der Waals surface area (Å²) in [7, 11) is 0. The zero-order chi connectivity index (χ0) is 13.1. The van der Waals surface area contributed by atoms with Crippen LogP contribution >= 0.6 is 12.2 Å². The maximum Gasteiger partial charge on any atom is 0.130 e. The predicted octanol–water partition coefficient (Wildman–Crippen LogP) is 2.24. The third-order valence-corrected chi connectivity index (χ3v) is 2.69. The van der Waals surface area contributed by atoms with E-state index in [4.69, 9.17) is 18.0 Å². The molecule has 2 heterocycles. The first kappa shape index (κ1) is 12.5. The van der Waals surface area contributed by atoms with E-state index in [9.17, 15) is 0 Å². The van der Waals surface area contributed by atoms with Crippen LogP contribution in [0, 0.1) is 0 Å². The molecular weight excluding hydrogens is 246 g/mol. The summed E-state index contributed by atoms with van der Waals surface area (Å²) in [5.74, 6) is 0.735. The highest BCUT2D eigenvalue weighted by atomic mass is 32.1. The van der Waals surface area contributed by atoms with Gasteiger partial charge in [-0.05, 0) is 26.0 Å². The first-order valence-electron chi connectivity index (χ1n) is 5.63. The second-order valence-electron chi connectivity index (χ2n) is 4.22. The molecule has 18 heavy (non-hydrogen) atoms. The van der Waals surface area contributed by atoms with Crippen LogP contribution in [0.3, 0.4) is 0 Å². The number of rotatable bonds is 4. The average Bonchev–Trinajstić information content (AvgIpc) is 2.78. The quantitative estimate of drug-likeness (QED) is 0.826. The minimum atomic E-state index is 0.338. The van der Waals surface area contributed by atoms with Gasteiger partial charge in [0.2, 0.25) is 0 Å². The summed E-state index contributed by atoms with van der Waals surface area (Å²) in [6, 6.07) is 4.01. The number of hydrogen-bond donors (Lipinski definition) is 2. The molecule has 0 aliphatic heterocycles. The molecule has 0 fully saturated rings. The van der Waals surface area contributed by atoms with Crippen LogP contribution in [0.25, 0.3) is 0 Å². The molecule has 6 heteroatoms. The molecule has 2 aromatic heterocycles. The Morgan fingerprint density at radius 3 is 2.67 bits per heavy atom. The number of nitrogens with one attached hydrogen (secondary N) is 1. The van der Waals surface area contributed by atoms with E-state index >= 15 is 0 Å². The molecule has 0 spiro atoms. The van der Waals surface area contributed by atoms with Crippen molar-refractivity contribution in [1.29, 1.82) is 0 Å². The van der Waals surface area contributed by atoms with Gasteiger partial charge in [0, 0.05) is 24.0 Å². The van der Waals surface area contributed by atoms with Gasteiger partial charge in [-0.25, -0.2) is 4.98 Å². The van der Waals surface area contributed by atoms with Gasteiger partial charge in [0.25, 0.3) is 0 Å². The zero-order valence-electron chi connectivity index (χ0n) is 10.3. The molecular formula is C12H15N5S. The summed E-state index contributed by atoms with van der Waals surface area (Å²) < 4.78 is 1.88. The molecule has 0 saturated heterocycles. The zero-order valence-corrected chi connectivity index (χ0v) is 11.1. The lowest BCUT2D eigenvalue weighted by molar-refractivity contribution is 0.532. The summed E-state index contributed by atoms with van der Waals surface area (Å²) in [6.45, 7) is 4.15. The monoisotopic (exact) mass is 261 g/mol. The molecule has 0 radical (unpaired) electrons. The van der Waals surface area contributed by atoms with Gasteiger partial charge in [-0.1, -0.05) is 12.2 Å². The van der Waals surface area contributed by atoms with Gasteiger partial charge in [0.1, 0.15) is 10.8 Å². The molecule has 94 valence electrons. The van der Waals surface area contributed by atoms with E-state index in [-0.39, 0.29) is 0 Å². The largest absolute Gasteiger partial charge is 0.389 e. The van der Waals surface area contributed by atoms with E-state index in [1.54, 1.807) is 12.4 Å². The van der Waals surface area contributed by atoms with Crippen molar-refractivity contribution >= 4 is 28.7 Å². The Morgan fingerprint density at radius 1 is 1.39 bits per heavy atom. The van der Waals surface area contributed by atoms with Crippen molar-refractivity contribution in [3.63, 3.8) is 0 Å². The minimum Gasteiger partial charge on any atom is -0.389 e. The summed E-state index contributed by atoms with van der Waals surface area (Å²) in [5.41, 5.74) is 7.17. The van der Waals surface area contributed by atoms with Gasteiger partial charge in [-0.15, -0.1) is 0 Å². The standard InChI is InChI=1S/C12H15N5S/c1-8(2)17-7-10(6-15-17)16-11-4-3-9(5-14-11)12(13)18/h3-8H,1-2H3,(H2,13,18)(H,14,16). The normalized spacial score (nSPS) is 10.6. The summed E-state index contributed by atoms with van der Waals surface area (Å²) >= 11 is 4.87. The molecule has 0 unspecified atom stereocenters. The molecule has 0 bridgehead atoms. The van der Waals surface area contributed by atoms with Crippen LogP contribution in [0.5, 0.6) is 0 Å². The maximum atomic E-state index is 5.51. The van der Waals surface area contributed by atoms with Crippen LogP contribution in [0.1, 0.15) is 25.5 Å². The number of nitrogens with two attached hydrogens (primary N) is 1. The van der Waals surface area contributed by atoms with Crippen molar-refractivity contribution in [3.8, 4) is 0 Å². The van der Waals surface area contributed by atoms with Gasteiger partial charge in [-0.3, -0.25) is 4.68 Å². The highest BCUT2D eigenvalue weighted by Gasteiger charge is 2.03. The molecule has 2 aromatic rings. The van der Waals surface area contributed by atoms with E-state index in [1.165, 1.54) is 0 Å². The second-order valence-corrected chi connectivity index (χ2v) is 4.66. The second kappa shape index (κ2) is 5.14. The average molecular weight is 261 g/mol. The van der Waals surface area contributed by atoms with Crippen LogP contribution in [0.4, 0.5) is 11.5 Å². The number of anilines is 2. The molecule has 0 amide bonds. The van der Waals surface area contributed by atoms with Crippen LogP contribution in [0.2, 0.25) is 0 Å². The smallest absolute Gasteiger partial charge is 0.130 e. The van der Waals surface area contributed by atoms with Gasteiger partial charge >= 0.3 is 0 Å². The Kier molecular flexibility index (Phi) is 3.57. The number of thiocarbonyl (C=S) groups is 1. The van der Waals surface area contributed by atoms with Crippen molar-refractivity contribution in [2.75, 3.05) is 5.32 Å². The van der Waals surface area contributed by atoms with Crippen molar-refractivity contribution in [1.82, 2.24) is 14.8 Å². The number of aromatic nitrogens is 3. The topological polar surface area (TPSA) is 68.8 Å². The Bertz CT molecular complexity index is 544. The lowest BCUT2D eigenvalue weighted by Gasteiger charge is -2.05. The Balaban J connectivity index is 2.10. The number of nitrogens with zero attached hydrogens (tertiary/aromatic N) is 3. The van der Waals surface area contributed by atoms with Crippen molar-refractivity contribution in [2.45, 2.75) is 19.9 Å². The van der Waals surface area contributed by atoms with Gasteiger partial charge < -0.3 is 11.1 Å².